The normalized spacial score (nSPS) is 15.4. The number of fused-ring (bicyclic) bond motifs is 2. The van der Waals surface area contributed by atoms with E-state index in [-0.39, 0.29) is 25.1 Å². The number of aromatic nitrogens is 1. The molecule has 47 heavy (non-hydrogen) atoms. The number of benzene rings is 3. The first-order valence-electron chi connectivity index (χ1n) is 15.0. The highest BCUT2D eigenvalue weighted by atomic mass is 127. The van der Waals surface area contributed by atoms with Crippen molar-refractivity contribution in [2.75, 3.05) is 20.5 Å². The number of nitrogens with zero attached hydrogens (tertiary/aromatic N) is 2. The monoisotopic (exact) mass is 768 g/mol. The van der Waals surface area contributed by atoms with Crippen molar-refractivity contribution >= 4 is 46.0 Å². The number of hydrogen-bond acceptors (Lipinski definition) is 10. The minimum atomic E-state index is -0.788. The average molecular weight is 769 g/mol. The molecule has 0 amide bonds. The SMILES string of the molecule is CCOC(=O)C1=C(C)N=c2s/c(=C/c3cc(I)c(OCc4ccc5c(c4)OCO5)c(OC)c3)c(=O)n2[C@H]1c1ccccc1OC(C)C. The Labute approximate surface area is 289 Å². The zero-order valence-corrected chi connectivity index (χ0v) is 29.5. The zero-order valence-electron chi connectivity index (χ0n) is 26.5. The smallest absolute Gasteiger partial charge is 0.338 e. The molecule has 10 nitrogen and oxygen atoms in total. The standard InChI is InChI=1S/C35H33IN2O8S/c1-6-42-34(40)30-20(4)37-35-38(31(30)23-9-7-8-10-25(23)46-19(2)3)33(39)29(47-35)16-22-13-24(36)32(28(15-22)41-5)43-17-21-11-12-26-27(14-21)45-18-44-26/h7-16,19,31H,6,17-18H2,1-5H3/b29-16+/t31-/m0/s1. The molecule has 244 valence electrons. The summed E-state index contributed by atoms with van der Waals surface area (Å²) in [5.74, 6) is 2.56. The molecular formula is C35H33IN2O8S. The number of halogens is 1. The minimum Gasteiger partial charge on any atom is -0.493 e. The Morgan fingerprint density at radius 2 is 1.91 bits per heavy atom. The van der Waals surface area contributed by atoms with Gasteiger partial charge in [0.1, 0.15) is 18.4 Å². The molecule has 2 aliphatic heterocycles. The molecule has 3 heterocycles. The van der Waals surface area contributed by atoms with Crippen molar-refractivity contribution in [2.45, 2.75) is 46.4 Å². The summed E-state index contributed by atoms with van der Waals surface area (Å²) in [6.45, 7) is 8.06. The molecule has 4 aromatic rings. The van der Waals surface area contributed by atoms with E-state index in [9.17, 15) is 9.59 Å². The topological polar surface area (TPSA) is 107 Å². The van der Waals surface area contributed by atoms with Gasteiger partial charge >= 0.3 is 5.97 Å². The molecule has 1 aromatic heterocycles. The fourth-order valence-electron chi connectivity index (χ4n) is 5.45. The van der Waals surface area contributed by atoms with Gasteiger partial charge < -0.3 is 28.4 Å². The van der Waals surface area contributed by atoms with Gasteiger partial charge in [0.15, 0.2) is 27.8 Å². The second-order valence-corrected chi connectivity index (χ2v) is 13.2. The summed E-state index contributed by atoms with van der Waals surface area (Å²) >= 11 is 3.45. The predicted octanol–water partition coefficient (Wildman–Crippen LogP) is 5.51. The van der Waals surface area contributed by atoms with Gasteiger partial charge in [-0.1, -0.05) is 35.6 Å². The maximum Gasteiger partial charge on any atom is 0.338 e. The lowest BCUT2D eigenvalue weighted by Crippen LogP contribution is -2.40. The number of hydrogen-bond donors (Lipinski definition) is 0. The molecule has 3 aromatic carbocycles. The highest BCUT2D eigenvalue weighted by Gasteiger charge is 2.35. The van der Waals surface area contributed by atoms with E-state index in [1.807, 2.05) is 68.4 Å². The lowest BCUT2D eigenvalue weighted by Gasteiger charge is -2.26. The number of methoxy groups -OCH3 is 1. The molecule has 0 spiro atoms. The van der Waals surface area contributed by atoms with Crippen molar-refractivity contribution in [1.29, 1.82) is 0 Å². The molecular weight excluding hydrogens is 735 g/mol. The van der Waals surface area contributed by atoms with Crippen LogP contribution in [0.3, 0.4) is 0 Å². The molecule has 0 radical (unpaired) electrons. The fourth-order valence-corrected chi connectivity index (χ4v) is 7.28. The van der Waals surface area contributed by atoms with Crippen LogP contribution in [0.2, 0.25) is 0 Å². The Balaban J connectivity index is 1.40. The van der Waals surface area contributed by atoms with Crippen LogP contribution in [0, 0.1) is 3.57 Å². The number of allylic oxidation sites excluding steroid dienone is 1. The number of esters is 1. The first kappa shape index (κ1) is 32.6. The summed E-state index contributed by atoms with van der Waals surface area (Å²) < 4.78 is 37.2. The highest BCUT2D eigenvalue weighted by molar-refractivity contribution is 14.1. The molecule has 0 bridgehead atoms. The van der Waals surface area contributed by atoms with E-state index in [2.05, 4.69) is 22.6 Å². The van der Waals surface area contributed by atoms with Gasteiger partial charge in [0, 0.05) is 5.56 Å². The summed E-state index contributed by atoms with van der Waals surface area (Å²) in [6, 6.07) is 16.1. The highest BCUT2D eigenvalue weighted by Crippen LogP contribution is 2.38. The number of carbonyl (C=O) groups is 1. The molecule has 12 heteroatoms. The van der Waals surface area contributed by atoms with Crippen LogP contribution < -0.4 is 38.6 Å². The van der Waals surface area contributed by atoms with Gasteiger partial charge in [0.05, 0.1) is 39.2 Å². The largest absolute Gasteiger partial charge is 0.493 e. The van der Waals surface area contributed by atoms with Crippen LogP contribution >= 0.6 is 33.9 Å². The third-order valence-corrected chi connectivity index (χ3v) is 9.25. The second kappa shape index (κ2) is 13.8. The van der Waals surface area contributed by atoms with Gasteiger partial charge in [-0.3, -0.25) is 9.36 Å². The van der Waals surface area contributed by atoms with Crippen molar-refractivity contribution in [3.8, 4) is 28.7 Å². The molecule has 0 aliphatic carbocycles. The quantitative estimate of drug-likeness (QED) is 0.154. The van der Waals surface area contributed by atoms with Crippen LogP contribution in [0.1, 0.15) is 50.4 Å². The lowest BCUT2D eigenvalue weighted by atomic mass is 9.95. The summed E-state index contributed by atoms with van der Waals surface area (Å²) in [5.41, 5.74) is 2.83. The maximum atomic E-state index is 14.2. The minimum absolute atomic E-state index is 0.121. The number of carbonyl (C=O) groups excluding carboxylic acids is 1. The molecule has 6 rings (SSSR count). The number of thiazole rings is 1. The maximum absolute atomic E-state index is 14.2. The summed E-state index contributed by atoms with van der Waals surface area (Å²) in [6.07, 6.45) is 1.68. The fraction of sp³-hybridized carbons (Fsp3) is 0.286. The van der Waals surface area contributed by atoms with Crippen molar-refractivity contribution in [3.63, 3.8) is 0 Å². The summed E-state index contributed by atoms with van der Waals surface area (Å²) in [7, 11) is 1.58. The first-order chi connectivity index (χ1) is 22.7. The van der Waals surface area contributed by atoms with Crippen molar-refractivity contribution < 1.29 is 33.2 Å². The van der Waals surface area contributed by atoms with E-state index >= 15 is 0 Å². The van der Waals surface area contributed by atoms with Crippen LogP contribution in [0.4, 0.5) is 0 Å². The Morgan fingerprint density at radius 1 is 1.13 bits per heavy atom. The van der Waals surface area contributed by atoms with Gasteiger partial charge in [0.25, 0.3) is 5.56 Å². The van der Waals surface area contributed by atoms with Crippen LogP contribution in [-0.2, 0) is 16.1 Å². The first-order valence-corrected chi connectivity index (χ1v) is 16.9. The predicted molar refractivity (Wildman–Crippen MR) is 185 cm³/mol. The van der Waals surface area contributed by atoms with E-state index in [1.54, 1.807) is 31.6 Å². The Bertz CT molecular complexity index is 2070. The number of ether oxygens (including phenoxy) is 6. The lowest BCUT2D eigenvalue weighted by molar-refractivity contribution is -0.139. The molecule has 0 unspecified atom stereocenters. The molecule has 1 atom stereocenters. The van der Waals surface area contributed by atoms with Crippen molar-refractivity contribution in [1.82, 2.24) is 4.57 Å². The Morgan fingerprint density at radius 3 is 2.68 bits per heavy atom. The van der Waals surface area contributed by atoms with Crippen molar-refractivity contribution in [3.05, 3.63) is 106 Å². The van der Waals surface area contributed by atoms with Gasteiger partial charge in [-0.2, -0.15) is 0 Å². The van der Waals surface area contributed by atoms with Gasteiger partial charge in [-0.15, -0.1) is 0 Å². The number of rotatable bonds is 10. The van der Waals surface area contributed by atoms with E-state index < -0.39 is 12.0 Å². The average Bonchev–Trinajstić information content (AvgIpc) is 3.63. The van der Waals surface area contributed by atoms with Crippen LogP contribution in [0.5, 0.6) is 28.7 Å². The van der Waals surface area contributed by atoms with Crippen LogP contribution in [-0.4, -0.2) is 37.1 Å². The van der Waals surface area contributed by atoms with E-state index in [4.69, 9.17) is 33.4 Å². The number of para-hydroxylation sites is 1. The van der Waals surface area contributed by atoms with Gasteiger partial charge in [-0.05, 0) is 97.8 Å². The van der Waals surface area contributed by atoms with Gasteiger partial charge in [0.2, 0.25) is 6.79 Å². The van der Waals surface area contributed by atoms with E-state index in [0.29, 0.717) is 61.5 Å². The van der Waals surface area contributed by atoms with Gasteiger partial charge in [-0.25, -0.2) is 9.79 Å². The van der Waals surface area contributed by atoms with Crippen molar-refractivity contribution in [2.24, 2.45) is 4.99 Å². The Kier molecular flexibility index (Phi) is 9.60. The third kappa shape index (κ3) is 6.61. The molecule has 0 saturated heterocycles. The molecule has 0 saturated carbocycles. The summed E-state index contributed by atoms with van der Waals surface area (Å²) in [5, 5.41) is 0. The third-order valence-electron chi connectivity index (χ3n) is 7.46. The summed E-state index contributed by atoms with van der Waals surface area (Å²) in [4.78, 5) is 32.7. The molecule has 0 fully saturated rings. The van der Waals surface area contributed by atoms with E-state index in [1.165, 1.54) is 11.3 Å². The zero-order chi connectivity index (χ0) is 33.2. The van der Waals surface area contributed by atoms with E-state index in [0.717, 1.165) is 14.7 Å². The van der Waals surface area contributed by atoms with Crippen LogP contribution in [0.25, 0.3) is 6.08 Å². The molecule has 0 N–H and O–H groups in total. The van der Waals surface area contributed by atoms with Crippen LogP contribution in [0.15, 0.2) is 75.7 Å². The molecule has 2 aliphatic rings. The second-order valence-electron chi connectivity index (χ2n) is 11.0. The Hall–Kier alpha value is -4.30.